The molecular weight excluding hydrogens is 470 g/mol. The normalized spacial score (nSPS) is 15.2. The number of carbonyl (C=O) groups is 3. The van der Waals surface area contributed by atoms with E-state index in [2.05, 4.69) is 21.2 Å². The van der Waals surface area contributed by atoms with Gasteiger partial charge in [0.1, 0.15) is 23.9 Å². The van der Waals surface area contributed by atoms with E-state index in [0.717, 1.165) is 17.0 Å². The van der Waals surface area contributed by atoms with Crippen molar-refractivity contribution in [1.82, 2.24) is 4.90 Å². The molecule has 1 fully saturated rings. The summed E-state index contributed by atoms with van der Waals surface area (Å²) < 4.78 is 32.4. The van der Waals surface area contributed by atoms with E-state index in [-0.39, 0.29) is 10.6 Å². The number of hydrogen-bond acceptors (Lipinski definition) is 5. The topological polar surface area (TPSA) is 75.7 Å². The first-order chi connectivity index (χ1) is 13.8. The molecule has 2 aromatic carbocycles. The number of ether oxygens (including phenoxy) is 1. The number of amides is 3. The zero-order valence-electron chi connectivity index (χ0n) is 14.9. The lowest BCUT2D eigenvalue weighted by molar-refractivity contribution is -0.127. The average molecular weight is 483 g/mol. The molecule has 6 nitrogen and oxygen atoms in total. The van der Waals surface area contributed by atoms with Crippen molar-refractivity contribution in [2.45, 2.75) is 0 Å². The van der Waals surface area contributed by atoms with Crippen molar-refractivity contribution in [3.05, 3.63) is 63.0 Å². The number of anilines is 1. The molecule has 3 rings (SSSR count). The van der Waals surface area contributed by atoms with Crippen LogP contribution in [-0.2, 0) is 9.59 Å². The summed E-state index contributed by atoms with van der Waals surface area (Å²) in [7, 11) is 1.52. The first-order valence-corrected chi connectivity index (χ1v) is 9.73. The SMILES string of the molecule is COc1ccc(/C=C2/SC(=O)N(CC(=O)Nc3ccc(F)cc3F)C2=O)cc1Br. The van der Waals surface area contributed by atoms with Gasteiger partial charge in [-0.05, 0) is 63.6 Å². The van der Waals surface area contributed by atoms with Crippen molar-refractivity contribution < 1.29 is 27.9 Å². The highest BCUT2D eigenvalue weighted by Crippen LogP contribution is 2.33. The summed E-state index contributed by atoms with van der Waals surface area (Å²) in [6, 6.07) is 7.78. The molecule has 0 bridgehead atoms. The Morgan fingerprint density at radius 2 is 2.00 bits per heavy atom. The fourth-order valence-corrected chi connectivity index (χ4v) is 3.88. The van der Waals surface area contributed by atoms with Crippen LogP contribution in [0.5, 0.6) is 5.75 Å². The fraction of sp³-hybridized carbons (Fsp3) is 0.105. The van der Waals surface area contributed by atoms with Crippen LogP contribution in [0.4, 0.5) is 19.3 Å². The van der Waals surface area contributed by atoms with E-state index in [9.17, 15) is 23.2 Å². The van der Waals surface area contributed by atoms with Crippen molar-refractivity contribution in [2.75, 3.05) is 19.0 Å². The van der Waals surface area contributed by atoms with E-state index in [0.29, 0.717) is 33.6 Å². The Morgan fingerprint density at radius 3 is 2.66 bits per heavy atom. The summed E-state index contributed by atoms with van der Waals surface area (Å²) in [4.78, 5) is 37.7. The lowest BCUT2D eigenvalue weighted by Gasteiger charge is -2.12. The van der Waals surface area contributed by atoms with Crippen LogP contribution in [0.25, 0.3) is 6.08 Å². The highest BCUT2D eigenvalue weighted by Gasteiger charge is 2.36. The largest absolute Gasteiger partial charge is 0.496 e. The second kappa shape index (κ2) is 8.75. The van der Waals surface area contributed by atoms with Gasteiger partial charge in [-0.15, -0.1) is 0 Å². The van der Waals surface area contributed by atoms with E-state index in [1.54, 1.807) is 18.2 Å². The van der Waals surface area contributed by atoms with E-state index >= 15 is 0 Å². The Kier molecular flexibility index (Phi) is 6.33. The van der Waals surface area contributed by atoms with Gasteiger partial charge in [-0.2, -0.15) is 0 Å². The molecule has 1 aliphatic rings. The number of methoxy groups -OCH3 is 1. The van der Waals surface area contributed by atoms with Crippen molar-refractivity contribution in [2.24, 2.45) is 0 Å². The van der Waals surface area contributed by atoms with Gasteiger partial charge in [-0.3, -0.25) is 19.3 Å². The van der Waals surface area contributed by atoms with Crippen molar-refractivity contribution >= 4 is 56.5 Å². The molecule has 0 saturated carbocycles. The van der Waals surface area contributed by atoms with Crippen LogP contribution in [0.15, 0.2) is 45.8 Å². The molecule has 1 saturated heterocycles. The number of hydrogen-bond donors (Lipinski definition) is 1. The summed E-state index contributed by atoms with van der Waals surface area (Å²) in [6.07, 6.45) is 1.52. The minimum Gasteiger partial charge on any atom is -0.496 e. The first kappa shape index (κ1) is 21.0. The van der Waals surface area contributed by atoms with E-state index < -0.39 is 35.2 Å². The van der Waals surface area contributed by atoms with Crippen LogP contribution in [0.1, 0.15) is 5.56 Å². The zero-order chi connectivity index (χ0) is 21.1. The van der Waals surface area contributed by atoms with Gasteiger partial charge in [0.05, 0.1) is 22.2 Å². The zero-order valence-corrected chi connectivity index (χ0v) is 17.3. The highest BCUT2D eigenvalue weighted by molar-refractivity contribution is 9.10. The van der Waals surface area contributed by atoms with Gasteiger partial charge in [-0.25, -0.2) is 8.78 Å². The van der Waals surface area contributed by atoms with Crippen LogP contribution in [-0.4, -0.2) is 35.6 Å². The molecule has 1 aliphatic heterocycles. The van der Waals surface area contributed by atoms with Crippen molar-refractivity contribution in [3.63, 3.8) is 0 Å². The molecule has 0 radical (unpaired) electrons. The van der Waals surface area contributed by atoms with Crippen LogP contribution in [0.3, 0.4) is 0 Å². The Morgan fingerprint density at radius 1 is 1.24 bits per heavy atom. The van der Waals surface area contributed by atoms with Crippen LogP contribution in [0.2, 0.25) is 0 Å². The third kappa shape index (κ3) is 4.83. The Labute approximate surface area is 177 Å². The third-order valence-electron chi connectivity index (χ3n) is 3.85. The van der Waals surface area contributed by atoms with Gasteiger partial charge in [0.15, 0.2) is 0 Å². The molecule has 0 aromatic heterocycles. The average Bonchev–Trinajstić information content (AvgIpc) is 2.91. The van der Waals surface area contributed by atoms with Gasteiger partial charge >= 0.3 is 0 Å². The van der Waals surface area contributed by atoms with Gasteiger partial charge in [0.25, 0.3) is 11.1 Å². The van der Waals surface area contributed by atoms with Crippen LogP contribution in [0, 0.1) is 11.6 Å². The van der Waals surface area contributed by atoms with Gasteiger partial charge in [0.2, 0.25) is 5.91 Å². The van der Waals surface area contributed by atoms with E-state index in [1.165, 1.54) is 13.2 Å². The predicted octanol–water partition coefficient (Wildman–Crippen LogP) is 4.41. The van der Waals surface area contributed by atoms with E-state index in [4.69, 9.17) is 4.74 Å². The fourth-order valence-electron chi connectivity index (χ4n) is 2.48. The standard InChI is InChI=1S/C19H13BrF2N2O4S/c1-28-15-5-2-10(6-12(15)20)7-16-18(26)24(19(27)29-16)9-17(25)23-14-4-3-11(21)8-13(14)22/h2-8H,9H2,1H3,(H,23,25)/b16-7+. The quantitative estimate of drug-likeness (QED) is 0.638. The number of thioether (sulfide) groups is 1. The maximum absolute atomic E-state index is 13.6. The number of rotatable bonds is 5. The molecule has 2 aromatic rings. The lowest BCUT2D eigenvalue weighted by atomic mass is 10.2. The molecule has 0 aliphatic carbocycles. The van der Waals surface area contributed by atoms with Gasteiger partial charge < -0.3 is 10.1 Å². The lowest BCUT2D eigenvalue weighted by Crippen LogP contribution is -2.36. The number of carbonyl (C=O) groups excluding carboxylic acids is 3. The molecule has 1 N–H and O–H groups in total. The number of benzene rings is 2. The number of imide groups is 1. The summed E-state index contributed by atoms with van der Waals surface area (Å²) in [5.41, 5.74) is 0.406. The maximum atomic E-state index is 13.6. The molecule has 29 heavy (non-hydrogen) atoms. The van der Waals surface area contributed by atoms with Crippen LogP contribution >= 0.6 is 27.7 Å². The Balaban J connectivity index is 1.71. The molecule has 10 heteroatoms. The number of halogens is 3. The van der Waals surface area contributed by atoms with Gasteiger partial charge in [-0.1, -0.05) is 6.07 Å². The monoisotopic (exact) mass is 482 g/mol. The van der Waals surface area contributed by atoms with Crippen LogP contribution < -0.4 is 10.1 Å². The second-order valence-corrected chi connectivity index (χ2v) is 7.68. The maximum Gasteiger partial charge on any atom is 0.294 e. The van der Waals surface area contributed by atoms with E-state index in [1.807, 2.05) is 0 Å². The summed E-state index contributed by atoms with van der Waals surface area (Å²) >= 11 is 4.03. The predicted molar refractivity (Wildman–Crippen MR) is 108 cm³/mol. The molecule has 150 valence electrons. The molecular formula is C19H13BrF2N2O4S. The minimum absolute atomic E-state index is 0.146. The summed E-state index contributed by atoms with van der Waals surface area (Å²) in [5.74, 6) is -2.56. The molecule has 1 heterocycles. The van der Waals surface area contributed by atoms with Crippen molar-refractivity contribution in [1.29, 1.82) is 0 Å². The van der Waals surface area contributed by atoms with Crippen molar-refractivity contribution in [3.8, 4) is 5.75 Å². The van der Waals surface area contributed by atoms with Gasteiger partial charge in [0, 0.05) is 6.07 Å². The minimum atomic E-state index is -0.961. The molecule has 3 amide bonds. The molecule has 0 unspecified atom stereocenters. The smallest absolute Gasteiger partial charge is 0.294 e. The highest BCUT2D eigenvalue weighted by atomic mass is 79.9. The molecule has 0 atom stereocenters. The molecule has 0 spiro atoms. The summed E-state index contributed by atoms with van der Waals surface area (Å²) in [6.45, 7) is -0.592. The Hall–Kier alpha value is -2.72. The Bertz CT molecular complexity index is 1040. The summed E-state index contributed by atoms with van der Waals surface area (Å²) in [5, 5.41) is 1.59. The number of nitrogens with one attached hydrogen (secondary N) is 1. The third-order valence-corrected chi connectivity index (χ3v) is 5.38. The first-order valence-electron chi connectivity index (χ1n) is 8.12. The number of nitrogens with zero attached hydrogens (tertiary/aromatic N) is 1. The second-order valence-electron chi connectivity index (χ2n) is 5.83.